The first kappa shape index (κ1) is 14.3. The fourth-order valence-electron chi connectivity index (χ4n) is 1.85. The number of Topliss-reactive ketones (excluding diaryl/α,β-unsaturated/α-hetero) is 1. The third-order valence-corrected chi connectivity index (χ3v) is 2.90. The number of unbranched alkanes of at least 4 members (excludes halogenated alkanes) is 3. The number of rotatable bonds is 8. The highest BCUT2D eigenvalue weighted by atomic mass is 16.5. The van der Waals surface area contributed by atoms with Crippen molar-refractivity contribution in [3.8, 4) is 5.75 Å². The number of anilines is 1. The maximum Gasteiger partial charge on any atom is 0.165 e. The lowest BCUT2D eigenvalue weighted by atomic mass is 10.0. The predicted molar refractivity (Wildman–Crippen MR) is 75.0 cm³/mol. The van der Waals surface area contributed by atoms with Gasteiger partial charge in [0.2, 0.25) is 0 Å². The minimum Gasteiger partial charge on any atom is -0.495 e. The molecule has 1 aromatic carbocycles. The van der Waals surface area contributed by atoms with Crippen LogP contribution in [0.1, 0.15) is 42.5 Å². The third kappa shape index (κ3) is 3.91. The van der Waals surface area contributed by atoms with Crippen molar-refractivity contribution >= 4 is 11.5 Å². The Hall–Kier alpha value is -1.77. The monoisotopic (exact) mass is 247 g/mol. The van der Waals surface area contributed by atoms with E-state index >= 15 is 0 Å². The van der Waals surface area contributed by atoms with Crippen LogP contribution in [0.15, 0.2) is 30.9 Å². The summed E-state index contributed by atoms with van der Waals surface area (Å²) in [6.07, 6.45) is 6.47. The van der Waals surface area contributed by atoms with Crippen molar-refractivity contribution in [3.05, 3.63) is 36.4 Å². The number of methoxy groups -OCH3 is 1. The van der Waals surface area contributed by atoms with E-state index in [1.54, 1.807) is 25.3 Å². The fraction of sp³-hybridized carbons (Fsp3) is 0.400. The Bertz CT molecular complexity index is 413. The number of benzene rings is 1. The molecule has 0 radical (unpaired) electrons. The van der Waals surface area contributed by atoms with E-state index in [1.165, 1.54) is 0 Å². The zero-order chi connectivity index (χ0) is 13.4. The number of carbonyl (C=O) groups excluding carboxylic acids is 1. The highest BCUT2D eigenvalue weighted by Gasteiger charge is 2.12. The number of nitrogen functional groups attached to an aromatic ring is 1. The second kappa shape index (κ2) is 7.54. The van der Waals surface area contributed by atoms with Crippen LogP contribution in [0, 0.1) is 0 Å². The van der Waals surface area contributed by atoms with Gasteiger partial charge in [0.1, 0.15) is 5.75 Å². The van der Waals surface area contributed by atoms with Gasteiger partial charge in [-0.15, -0.1) is 6.58 Å². The standard InChI is InChI=1S/C15H21NO2/c1-3-4-5-6-7-10-13(17)12-9-8-11-14(18-2)15(12)16/h3,8-9,11H,1,4-7,10,16H2,2H3. The van der Waals surface area contributed by atoms with Crippen molar-refractivity contribution in [1.29, 1.82) is 0 Å². The zero-order valence-corrected chi connectivity index (χ0v) is 10.9. The topological polar surface area (TPSA) is 52.3 Å². The van der Waals surface area contributed by atoms with Crippen molar-refractivity contribution < 1.29 is 9.53 Å². The van der Waals surface area contributed by atoms with Crippen LogP contribution in [0.3, 0.4) is 0 Å². The molecule has 0 amide bonds. The first-order valence-electron chi connectivity index (χ1n) is 6.27. The molecule has 2 N–H and O–H groups in total. The molecule has 0 fully saturated rings. The molecule has 98 valence electrons. The lowest BCUT2D eigenvalue weighted by Crippen LogP contribution is -2.05. The molecular formula is C15H21NO2. The van der Waals surface area contributed by atoms with Gasteiger partial charge in [-0.05, 0) is 31.4 Å². The molecule has 0 bridgehead atoms. The van der Waals surface area contributed by atoms with Crippen LogP contribution in [0.5, 0.6) is 5.75 Å². The number of carbonyl (C=O) groups is 1. The van der Waals surface area contributed by atoms with E-state index in [9.17, 15) is 4.79 Å². The SMILES string of the molecule is C=CCCCCCC(=O)c1cccc(OC)c1N. The van der Waals surface area contributed by atoms with Gasteiger partial charge in [0.15, 0.2) is 5.78 Å². The third-order valence-electron chi connectivity index (χ3n) is 2.90. The van der Waals surface area contributed by atoms with Crippen molar-refractivity contribution in [1.82, 2.24) is 0 Å². The van der Waals surface area contributed by atoms with E-state index in [0.717, 1.165) is 25.7 Å². The van der Waals surface area contributed by atoms with Gasteiger partial charge in [-0.2, -0.15) is 0 Å². The molecule has 0 aliphatic rings. The van der Waals surface area contributed by atoms with Crippen molar-refractivity contribution in [2.75, 3.05) is 12.8 Å². The average Bonchev–Trinajstić information content (AvgIpc) is 2.38. The first-order valence-corrected chi connectivity index (χ1v) is 6.27. The Kier molecular flexibility index (Phi) is 5.98. The molecule has 3 heteroatoms. The number of ether oxygens (including phenoxy) is 1. The van der Waals surface area contributed by atoms with Gasteiger partial charge in [0, 0.05) is 12.0 Å². The van der Waals surface area contributed by atoms with Crippen LogP contribution >= 0.6 is 0 Å². The Morgan fingerprint density at radius 3 is 2.83 bits per heavy atom. The van der Waals surface area contributed by atoms with E-state index < -0.39 is 0 Å². The molecule has 0 atom stereocenters. The summed E-state index contributed by atoms with van der Waals surface area (Å²) in [5.74, 6) is 0.650. The smallest absolute Gasteiger partial charge is 0.165 e. The summed E-state index contributed by atoms with van der Waals surface area (Å²) in [4.78, 5) is 12.0. The van der Waals surface area contributed by atoms with Gasteiger partial charge >= 0.3 is 0 Å². The molecule has 0 aliphatic carbocycles. The van der Waals surface area contributed by atoms with Gasteiger partial charge in [-0.1, -0.05) is 18.6 Å². The number of ketones is 1. The van der Waals surface area contributed by atoms with Gasteiger partial charge in [0.25, 0.3) is 0 Å². The van der Waals surface area contributed by atoms with Crippen LogP contribution < -0.4 is 10.5 Å². The summed E-state index contributed by atoms with van der Waals surface area (Å²) < 4.78 is 5.11. The number of hydrogen-bond donors (Lipinski definition) is 1. The number of hydrogen-bond acceptors (Lipinski definition) is 3. The highest BCUT2D eigenvalue weighted by Crippen LogP contribution is 2.26. The van der Waals surface area contributed by atoms with E-state index in [2.05, 4.69) is 6.58 Å². The highest BCUT2D eigenvalue weighted by molar-refractivity contribution is 6.01. The Balaban J connectivity index is 2.53. The van der Waals surface area contributed by atoms with Crippen LogP contribution in [0.4, 0.5) is 5.69 Å². The minimum atomic E-state index is 0.0880. The summed E-state index contributed by atoms with van der Waals surface area (Å²) in [5.41, 5.74) is 6.90. The summed E-state index contributed by atoms with van der Waals surface area (Å²) >= 11 is 0. The summed E-state index contributed by atoms with van der Waals surface area (Å²) in [5, 5.41) is 0. The van der Waals surface area contributed by atoms with Crippen LogP contribution in [0.25, 0.3) is 0 Å². The number of para-hydroxylation sites is 1. The molecular weight excluding hydrogens is 226 g/mol. The van der Waals surface area contributed by atoms with Gasteiger partial charge in [0.05, 0.1) is 12.8 Å². The van der Waals surface area contributed by atoms with Gasteiger partial charge < -0.3 is 10.5 Å². The largest absolute Gasteiger partial charge is 0.495 e. The van der Waals surface area contributed by atoms with E-state index in [0.29, 0.717) is 23.4 Å². The molecule has 0 saturated heterocycles. The molecule has 0 aromatic heterocycles. The molecule has 18 heavy (non-hydrogen) atoms. The maximum atomic E-state index is 12.0. The normalized spacial score (nSPS) is 10.1. The summed E-state index contributed by atoms with van der Waals surface area (Å²) in [6.45, 7) is 3.67. The fourth-order valence-corrected chi connectivity index (χ4v) is 1.85. The second-order valence-corrected chi connectivity index (χ2v) is 4.23. The Morgan fingerprint density at radius 1 is 1.39 bits per heavy atom. The molecule has 0 aliphatic heterocycles. The van der Waals surface area contributed by atoms with Crippen molar-refractivity contribution in [3.63, 3.8) is 0 Å². The molecule has 0 heterocycles. The minimum absolute atomic E-state index is 0.0880. The van der Waals surface area contributed by atoms with E-state index in [-0.39, 0.29) is 5.78 Å². The Labute approximate surface area is 109 Å². The van der Waals surface area contributed by atoms with Crippen molar-refractivity contribution in [2.24, 2.45) is 0 Å². The molecule has 1 aromatic rings. The molecule has 0 unspecified atom stereocenters. The summed E-state index contributed by atoms with van der Waals surface area (Å²) in [6, 6.07) is 5.31. The number of nitrogens with two attached hydrogens (primary N) is 1. The Morgan fingerprint density at radius 2 is 2.17 bits per heavy atom. The van der Waals surface area contributed by atoms with Gasteiger partial charge in [-0.3, -0.25) is 4.79 Å². The molecule has 1 rings (SSSR count). The first-order chi connectivity index (χ1) is 8.70. The van der Waals surface area contributed by atoms with Crippen LogP contribution in [-0.4, -0.2) is 12.9 Å². The predicted octanol–water partition coefficient (Wildman–Crippen LogP) is 3.60. The average molecular weight is 247 g/mol. The van der Waals surface area contributed by atoms with E-state index in [1.807, 2.05) is 6.08 Å². The molecule has 0 spiro atoms. The second-order valence-electron chi connectivity index (χ2n) is 4.23. The molecule has 3 nitrogen and oxygen atoms in total. The summed E-state index contributed by atoms with van der Waals surface area (Å²) in [7, 11) is 1.55. The quantitative estimate of drug-likeness (QED) is 0.330. The molecule has 0 saturated carbocycles. The number of allylic oxidation sites excluding steroid dienone is 1. The van der Waals surface area contributed by atoms with E-state index in [4.69, 9.17) is 10.5 Å². The van der Waals surface area contributed by atoms with Crippen molar-refractivity contribution in [2.45, 2.75) is 32.1 Å². The van der Waals surface area contributed by atoms with Crippen LogP contribution in [-0.2, 0) is 0 Å². The lowest BCUT2D eigenvalue weighted by Gasteiger charge is -2.08. The van der Waals surface area contributed by atoms with Crippen LogP contribution in [0.2, 0.25) is 0 Å². The maximum absolute atomic E-state index is 12.0. The zero-order valence-electron chi connectivity index (χ0n) is 10.9. The lowest BCUT2D eigenvalue weighted by molar-refractivity contribution is 0.0980. The van der Waals surface area contributed by atoms with Gasteiger partial charge in [-0.25, -0.2) is 0 Å².